The van der Waals surface area contributed by atoms with Crippen LogP contribution < -0.4 is 10.1 Å². The summed E-state index contributed by atoms with van der Waals surface area (Å²) in [7, 11) is 1.69. The molecule has 110 valence electrons. The van der Waals surface area contributed by atoms with Gasteiger partial charge in [-0.05, 0) is 26.3 Å². The van der Waals surface area contributed by atoms with Crippen LogP contribution in [0.2, 0.25) is 0 Å². The fourth-order valence-corrected chi connectivity index (χ4v) is 1.71. The molecule has 0 bridgehead atoms. The van der Waals surface area contributed by atoms with Crippen molar-refractivity contribution >= 4 is 0 Å². The first-order valence-corrected chi connectivity index (χ1v) is 6.93. The Hall–Kier alpha value is -1.07. The molecule has 1 aromatic rings. The Kier molecular flexibility index (Phi) is 6.87. The quantitative estimate of drug-likeness (QED) is 0.746. The van der Waals surface area contributed by atoms with Gasteiger partial charge in [0, 0.05) is 19.7 Å². The van der Waals surface area contributed by atoms with Crippen molar-refractivity contribution in [3.8, 4) is 5.75 Å². The van der Waals surface area contributed by atoms with Crippen LogP contribution in [-0.4, -0.2) is 42.7 Å². The minimum absolute atomic E-state index is 0.00793. The first-order valence-electron chi connectivity index (χ1n) is 6.93. The first-order chi connectivity index (χ1) is 9.02. The van der Waals surface area contributed by atoms with Gasteiger partial charge in [-0.25, -0.2) is 0 Å². The molecule has 1 N–H and O–H groups in total. The molecule has 1 atom stereocenters. The predicted molar refractivity (Wildman–Crippen MR) is 76.6 cm³/mol. The van der Waals surface area contributed by atoms with Crippen molar-refractivity contribution in [1.82, 2.24) is 15.1 Å². The van der Waals surface area contributed by atoms with E-state index in [2.05, 4.69) is 38.1 Å². The normalized spacial score (nSPS) is 13.2. The summed E-state index contributed by atoms with van der Waals surface area (Å²) in [5.74, 6) is 1.42. The second-order valence-corrected chi connectivity index (χ2v) is 5.50. The molecular weight excluding hydrogens is 242 g/mol. The zero-order chi connectivity index (χ0) is 14.3. The smallest absolute Gasteiger partial charge is 0.157 e. The third-order valence-electron chi connectivity index (χ3n) is 2.69. The molecule has 0 radical (unpaired) electrons. The van der Waals surface area contributed by atoms with Gasteiger partial charge in [-0.15, -0.1) is 0 Å². The number of ether oxygens (including phenoxy) is 2. The van der Waals surface area contributed by atoms with Gasteiger partial charge in [-0.3, -0.25) is 4.68 Å². The molecule has 0 saturated carbocycles. The predicted octanol–water partition coefficient (Wildman–Crippen LogP) is 2.10. The van der Waals surface area contributed by atoms with E-state index in [1.165, 1.54) is 0 Å². The second-order valence-electron chi connectivity index (χ2n) is 5.50. The van der Waals surface area contributed by atoms with Crippen LogP contribution in [0.4, 0.5) is 0 Å². The number of methoxy groups -OCH3 is 1. The monoisotopic (exact) mass is 269 g/mol. The second kappa shape index (κ2) is 8.17. The van der Waals surface area contributed by atoms with E-state index in [1.54, 1.807) is 13.3 Å². The average Bonchev–Trinajstić information content (AvgIpc) is 2.77. The van der Waals surface area contributed by atoms with E-state index in [0.717, 1.165) is 18.8 Å². The molecule has 5 nitrogen and oxygen atoms in total. The van der Waals surface area contributed by atoms with E-state index in [-0.39, 0.29) is 6.10 Å². The van der Waals surface area contributed by atoms with Gasteiger partial charge in [0.25, 0.3) is 0 Å². The van der Waals surface area contributed by atoms with Crippen LogP contribution in [0.3, 0.4) is 0 Å². The van der Waals surface area contributed by atoms with Gasteiger partial charge in [0.1, 0.15) is 6.10 Å². The van der Waals surface area contributed by atoms with Crippen LogP contribution in [-0.2, 0) is 4.74 Å². The third kappa shape index (κ3) is 6.07. The standard InChI is InChI=1S/C14H27N3O2/c1-11(2)6-15-7-14(10-18-5)19-13-8-16-17(9-13)12(3)4/h8-9,11-12,14-15H,6-7,10H2,1-5H3. The molecule has 0 aliphatic rings. The summed E-state index contributed by atoms with van der Waals surface area (Å²) in [4.78, 5) is 0. The van der Waals surface area contributed by atoms with Gasteiger partial charge >= 0.3 is 0 Å². The first kappa shape index (κ1) is 16.0. The Balaban J connectivity index is 2.46. The van der Waals surface area contributed by atoms with Crippen molar-refractivity contribution < 1.29 is 9.47 Å². The highest BCUT2D eigenvalue weighted by molar-refractivity contribution is 5.12. The molecule has 19 heavy (non-hydrogen) atoms. The Morgan fingerprint density at radius 3 is 2.53 bits per heavy atom. The Labute approximate surface area is 116 Å². The lowest BCUT2D eigenvalue weighted by molar-refractivity contribution is 0.0801. The molecular formula is C14H27N3O2. The number of hydrogen-bond acceptors (Lipinski definition) is 4. The van der Waals surface area contributed by atoms with Gasteiger partial charge in [-0.1, -0.05) is 13.8 Å². The zero-order valence-electron chi connectivity index (χ0n) is 12.7. The Morgan fingerprint density at radius 2 is 2.00 bits per heavy atom. The summed E-state index contributed by atoms with van der Waals surface area (Å²) in [6.45, 7) is 10.9. The lowest BCUT2D eigenvalue weighted by Gasteiger charge is -2.18. The van der Waals surface area contributed by atoms with Gasteiger partial charge in [0.2, 0.25) is 0 Å². The van der Waals surface area contributed by atoms with E-state index in [9.17, 15) is 0 Å². The SMILES string of the molecule is COCC(CNCC(C)C)Oc1cnn(C(C)C)c1. The van der Waals surface area contributed by atoms with Gasteiger partial charge in [-0.2, -0.15) is 5.10 Å². The molecule has 0 aliphatic carbocycles. The van der Waals surface area contributed by atoms with Crippen LogP contribution in [0.15, 0.2) is 12.4 Å². The summed E-state index contributed by atoms with van der Waals surface area (Å²) >= 11 is 0. The van der Waals surface area contributed by atoms with E-state index < -0.39 is 0 Å². The van der Waals surface area contributed by atoms with E-state index in [4.69, 9.17) is 9.47 Å². The minimum atomic E-state index is 0.00793. The number of nitrogens with one attached hydrogen (secondary N) is 1. The van der Waals surface area contributed by atoms with Crippen LogP contribution in [0, 0.1) is 5.92 Å². The summed E-state index contributed by atoms with van der Waals surface area (Å²) in [5, 5.41) is 7.66. The maximum atomic E-state index is 5.90. The molecule has 0 spiro atoms. The molecule has 0 saturated heterocycles. The van der Waals surface area contributed by atoms with Gasteiger partial charge in [0.05, 0.1) is 19.0 Å². The molecule has 5 heteroatoms. The summed E-state index contributed by atoms with van der Waals surface area (Å²) in [5.41, 5.74) is 0. The molecule has 0 fully saturated rings. The van der Waals surface area contributed by atoms with Crippen LogP contribution in [0.5, 0.6) is 5.75 Å². The summed E-state index contributed by atoms with van der Waals surface area (Å²) in [6, 6.07) is 0.345. The van der Waals surface area contributed by atoms with Crippen molar-refractivity contribution in [2.75, 3.05) is 26.8 Å². The van der Waals surface area contributed by atoms with Gasteiger partial charge in [0.15, 0.2) is 5.75 Å². The van der Waals surface area contributed by atoms with Crippen molar-refractivity contribution in [1.29, 1.82) is 0 Å². The van der Waals surface area contributed by atoms with Crippen LogP contribution in [0.1, 0.15) is 33.7 Å². The average molecular weight is 269 g/mol. The Bertz CT molecular complexity index is 350. The summed E-state index contributed by atoms with van der Waals surface area (Å²) < 4.78 is 13.0. The van der Waals surface area contributed by atoms with Crippen LogP contribution in [0.25, 0.3) is 0 Å². The van der Waals surface area contributed by atoms with E-state index in [0.29, 0.717) is 18.6 Å². The number of rotatable bonds is 9. The number of nitrogens with zero attached hydrogens (tertiary/aromatic N) is 2. The topological polar surface area (TPSA) is 48.3 Å². The van der Waals surface area contributed by atoms with Crippen molar-refractivity contribution in [2.24, 2.45) is 5.92 Å². The van der Waals surface area contributed by atoms with Crippen molar-refractivity contribution in [2.45, 2.75) is 39.8 Å². The van der Waals surface area contributed by atoms with E-state index in [1.807, 2.05) is 10.9 Å². The Morgan fingerprint density at radius 1 is 1.26 bits per heavy atom. The number of hydrogen-bond donors (Lipinski definition) is 1. The molecule has 1 rings (SSSR count). The highest BCUT2D eigenvalue weighted by Gasteiger charge is 2.12. The highest BCUT2D eigenvalue weighted by atomic mass is 16.5. The minimum Gasteiger partial charge on any atom is -0.483 e. The van der Waals surface area contributed by atoms with Gasteiger partial charge < -0.3 is 14.8 Å². The fraction of sp³-hybridized carbons (Fsp3) is 0.786. The maximum absolute atomic E-state index is 5.90. The zero-order valence-corrected chi connectivity index (χ0v) is 12.7. The molecule has 0 amide bonds. The molecule has 1 unspecified atom stereocenters. The molecule has 1 heterocycles. The lowest BCUT2D eigenvalue weighted by atomic mass is 10.2. The van der Waals surface area contributed by atoms with Crippen molar-refractivity contribution in [3.05, 3.63) is 12.4 Å². The van der Waals surface area contributed by atoms with Crippen LogP contribution >= 0.6 is 0 Å². The maximum Gasteiger partial charge on any atom is 0.157 e. The largest absolute Gasteiger partial charge is 0.483 e. The summed E-state index contributed by atoms with van der Waals surface area (Å²) in [6.07, 6.45) is 3.69. The molecule has 1 aromatic heterocycles. The third-order valence-corrected chi connectivity index (χ3v) is 2.69. The highest BCUT2D eigenvalue weighted by Crippen LogP contribution is 2.14. The molecule has 0 aliphatic heterocycles. The molecule has 0 aromatic carbocycles. The fourth-order valence-electron chi connectivity index (χ4n) is 1.71. The van der Waals surface area contributed by atoms with E-state index >= 15 is 0 Å². The lowest BCUT2D eigenvalue weighted by Crippen LogP contribution is -2.36. The number of aromatic nitrogens is 2. The van der Waals surface area contributed by atoms with Crippen molar-refractivity contribution in [3.63, 3.8) is 0 Å².